The largest absolute Gasteiger partial charge is 0.355 e. The van der Waals surface area contributed by atoms with E-state index in [0.717, 1.165) is 32.1 Å². The van der Waals surface area contributed by atoms with Crippen LogP contribution in [0.1, 0.15) is 34.1 Å². The molecule has 6 nitrogen and oxygen atoms in total. The van der Waals surface area contributed by atoms with Crippen molar-refractivity contribution in [3.8, 4) is 0 Å². The van der Waals surface area contributed by atoms with Gasteiger partial charge >= 0.3 is 0 Å². The molecule has 1 aliphatic heterocycles. The van der Waals surface area contributed by atoms with Crippen molar-refractivity contribution in [3.05, 3.63) is 0 Å². The SMILES string of the molecule is CN=C(NCCN1CCCN(C)CC1)NCCN(C(C)C)C(C)C. The summed E-state index contributed by atoms with van der Waals surface area (Å²) in [7, 11) is 4.06. The zero-order valence-corrected chi connectivity index (χ0v) is 16.8. The summed E-state index contributed by atoms with van der Waals surface area (Å²) in [4.78, 5) is 11.8. The van der Waals surface area contributed by atoms with Crippen molar-refractivity contribution in [3.63, 3.8) is 0 Å². The summed E-state index contributed by atoms with van der Waals surface area (Å²) in [5.74, 6) is 0.911. The third-order valence-corrected chi connectivity index (χ3v) is 4.75. The Morgan fingerprint density at radius 3 is 2.29 bits per heavy atom. The average Bonchev–Trinajstić information content (AvgIpc) is 2.73. The van der Waals surface area contributed by atoms with E-state index in [9.17, 15) is 0 Å². The Morgan fingerprint density at radius 2 is 1.67 bits per heavy atom. The maximum Gasteiger partial charge on any atom is 0.191 e. The lowest BCUT2D eigenvalue weighted by atomic mass is 10.2. The predicted molar refractivity (Wildman–Crippen MR) is 105 cm³/mol. The summed E-state index contributed by atoms with van der Waals surface area (Å²) in [5, 5.41) is 6.88. The minimum absolute atomic E-state index is 0.572. The molecule has 0 unspecified atom stereocenters. The molecule has 0 saturated carbocycles. The molecule has 6 heteroatoms. The first kappa shape index (κ1) is 21.2. The molecule has 0 spiro atoms. The molecular formula is C18H40N6. The predicted octanol–water partition coefficient (Wildman–Crippen LogP) is 0.908. The van der Waals surface area contributed by atoms with Gasteiger partial charge in [-0.25, -0.2) is 0 Å². The molecule has 1 fully saturated rings. The van der Waals surface area contributed by atoms with Crippen LogP contribution in [0.4, 0.5) is 0 Å². The molecule has 2 N–H and O–H groups in total. The van der Waals surface area contributed by atoms with Crippen LogP contribution in [-0.4, -0.2) is 99.2 Å². The second-order valence-electron chi connectivity index (χ2n) is 7.35. The van der Waals surface area contributed by atoms with Gasteiger partial charge in [0.1, 0.15) is 0 Å². The molecule has 1 saturated heterocycles. The fourth-order valence-corrected chi connectivity index (χ4v) is 3.29. The van der Waals surface area contributed by atoms with Gasteiger partial charge in [-0.15, -0.1) is 0 Å². The van der Waals surface area contributed by atoms with Gasteiger partial charge in [0.05, 0.1) is 0 Å². The summed E-state index contributed by atoms with van der Waals surface area (Å²) >= 11 is 0. The summed E-state index contributed by atoms with van der Waals surface area (Å²) in [6.07, 6.45) is 1.27. The Balaban J connectivity index is 2.23. The van der Waals surface area contributed by atoms with Crippen molar-refractivity contribution in [2.45, 2.75) is 46.2 Å². The van der Waals surface area contributed by atoms with Gasteiger partial charge < -0.3 is 20.4 Å². The third-order valence-electron chi connectivity index (χ3n) is 4.75. The van der Waals surface area contributed by atoms with Crippen molar-refractivity contribution in [2.24, 2.45) is 4.99 Å². The highest BCUT2D eigenvalue weighted by atomic mass is 15.2. The molecule has 0 atom stereocenters. The zero-order valence-electron chi connectivity index (χ0n) is 16.8. The maximum absolute atomic E-state index is 4.34. The summed E-state index contributed by atoms with van der Waals surface area (Å²) in [6.45, 7) is 17.8. The van der Waals surface area contributed by atoms with Gasteiger partial charge in [0.25, 0.3) is 0 Å². The number of likely N-dealkylation sites (N-methyl/N-ethyl adjacent to an activating group) is 1. The van der Waals surface area contributed by atoms with Gasteiger partial charge in [-0.1, -0.05) is 0 Å². The Bertz CT molecular complexity index is 347. The van der Waals surface area contributed by atoms with Gasteiger partial charge in [0.15, 0.2) is 5.96 Å². The van der Waals surface area contributed by atoms with Crippen LogP contribution in [0.15, 0.2) is 4.99 Å². The van der Waals surface area contributed by atoms with E-state index in [0.29, 0.717) is 12.1 Å². The fourth-order valence-electron chi connectivity index (χ4n) is 3.29. The molecule has 1 aliphatic rings. The molecule has 1 rings (SSSR count). The Kier molecular flexibility index (Phi) is 10.3. The van der Waals surface area contributed by atoms with E-state index in [4.69, 9.17) is 0 Å². The Labute approximate surface area is 149 Å². The molecule has 0 aliphatic carbocycles. The van der Waals surface area contributed by atoms with Gasteiger partial charge in [0, 0.05) is 58.4 Å². The first-order valence-electron chi connectivity index (χ1n) is 9.55. The van der Waals surface area contributed by atoms with E-state index >= 15 is 0 Å². The highest BCUT2D eigenvalue weighted by Gasteiger charge is 2.13. The molecule has 0 aromatic rings. The van der Waals surface area contributed by atoms with Crippen molar-refractivity contribution >= 4 is 5.96 Å². The number of hydrogen-bond donors (Lipinski definition) is 2. The van der Waals surface area contributed by atoms with Crippen LogP contribution in [0.5, 0.6) is 0 Å². The van der Waals surface area contributed by atoms with Crippen LogP contribution in [0.3, 0.4) is 0 Å². The first-order valence-corrected chi connectivity index (χ1v) is 9.55. The monoisotopic (exact) mass is 340 g/mol. The van der Waals surface area contributed by atoms with Crippen molar-refractivity contribution in [1.29, 1.82) is 0 Å². The van der Waals surface area contributed by atoms with E-state index in [2.05, 4.69) is 65.1 Å². The van der Waals surface area contributed by atoms with Gasteiger partial charge in [-0.05, 0) is 54.3 Å². The highest BCUT2D eigenvalue weighted by molar-refractivity contribution is 5.79. The maximum atomic E-state index is 4.34. The highest BCUT2D eigenvalue weighted by Crippen LogP contribution is 2.03. The molecule has 24 heavy (non-hydrogen) atoms. The second-order valence-corrected chi connectivity index (χ2v) is 7.35. The Hall–Kier alpha value is -0.850. The number of nitrogens with zero attached hydrogens (tertiary/aromatic N) is 4. The molecular weight excluding hydrogens is 300 g/mol. The molecule has 0 aromatic heterocycles. The number of hydrogen-bond acceptors (Lipinski definition) is 4. The van der Waals surface area contributed by atoms with E-state index in [1.165, 1.54) is 32.6 Å². The van der Waals surface area contributed by atoms with Gasteiger partial charge in [-0.2, -0.15) is 0 Å². The second kappa shape index (κ2) is 11.7. The minimum Gasteiger partial charge on any atom is -0.355 e. The molecule has 0 amide bonds. The quantitative estimate of drug-likeness (QED) is 0.508. The van der Waals surface area contributed by atoms with Crippen LogP contribution in [0.25, 0.3) is 0 Å². The third kappa shape index (κ3) is 8.31. The lowest BCUT2D eigenvalue weighted by Crippen LogP contribution is -2.46. The molecule has 142 valence electrons. The standard InChI is InChI=1S/C18H40N6/c1-16(2)24(17(3)4)13-9-21-18(19-5)20-8-12-23-11-7-10-22(6)14-15-23/h16-17H,7-15H2,1-6H3,(H2,19,20,21). The summed E-state index contributed by atoms with van der Waals surface area (Å²) in [5.41, 5.74) is 0. The normalized spacial score (nSPS) is 18.5. The zero-order chi connectivity index (χ0) is 17.9. The smallest absolute Gasteiger partial charge is 0.191 e. The van der Waals surface area contributed by atoms with Crippen LogP contribution in [-0.2, 0) is 0 Å². The number of nitrogens with one attached hydrogen (secondary N) is 2. The van der Waals surface area contributed by atoms with Crippen LogP contribution < -0.4 is 10.6 Å². The molecule has 0 radical (unpaired) electrons. The fraction of sp³-hybridized carbons (Fsp3) is 0.944. The first-order chi connectivity index (χ1) is 11.4. The molecule has 0 aromatic carbocycles. The molecule has 1 heterocycles. The lowest BCUT2D eigenvalue weighted by Gasteiger charge is -2.30. The van der Waals surface area contributed by atoms with Crippen molar-refractivity contribution < 1.29 is 0 Å². The van der Waals surface area contributed by atoms with E-state index < -0.39 is 0 Å². The molecule has 0 bridgehead atoms. The van der Waals surface area contributed by atoms with Crippen LogP contribution in [0, 0.1) is 0 Å². The Morgan fingerprint density at radius 1 is 1.00 bits per heavy atom. The van der Waals surface area contributed by atoms with Crippen LogP contribution >= 0.6 is 0 Å². The van der Waals surface area contributed by atoms with E-state index in [1.54, 1.807) is 0 Å². The lowest BCUT2D eigenvalue weighted by molar-refractivity contribution is 0.178. The average molecular weight is 341 g/mol. The minimum atomic E-state index is 0.572. The van der Waals surface area contributed by atoms with Crippen LogP contribution in [0.2, 0.25) is 0 Å². The van der Waals surface area contributed by atoms with Gasteiger partial charge in [-0.3, -0.25) is 9.89 Å². The van der Waals surface area contributed by atoms with Crippen molar-refractivity contribution in [2.75, 3.05) is 66.5 Å². The number of rotatable bonds is 8. The topological polar surface area (TPSA) is 46.1 Å². The van der Waals surface area contributed by atoms with Crippen molar-refractivity contribution in [1.82, 2.24) is 25.3 Å². The van der Waals surface area contributed by atoms with E-state index in [1.807, 2.05) is 7.05 Å². The summed E-state index contributed by atoms with van der Waals surface area (Å²) in [6, 6.07) is 1.14. The number of guanidine groups is 1. The summed E-state index contributed by atoms with van der Waals surface area (Å²) < 4.78 is 0. The van der Waals surface area contributed by atoms with Gasteiger partial charge in [0.2, 0.25) is 0 Å². The van der Waals surface area contributed by atoms with E-state index in [-0.39, 0.29) is 0 Å². The number of aliphatic imine (C=N–C) groups is 1.